The van der Waals surface area contributed by atoms with Crippen LogP contribution in [0.3, 0.4) is 0 Å². The van der Waals surface area contributed by atoms with Crippen LogP contribution in [-0.2, 0) is 9.59 Å². The molecule has 0 radical (unpaired) electrons. The molecular weight excluding hydrogens is 206 g/mol. The third-order valence-corrected chi connectivity index (χ3v) is 2.94. The Kier molecular flexibility index (Phi) is 5.25. The van der Waals surface area contributed by atoms with Gasteiger partial charge in [-0.05, 0) is 32.7 Å². The number of hydrogen-bond acceptors (Lipinski definition) is 3. The lowest BCUT2D eigenvalue weighted by Gasteiger charge is -2.23. The van der Waals surface area contributed by atoms with Crippen molar-refractivity contribution in [2.75, 3.05) is 6.54 Å². The van der Waals surface area contributed by atoms with Gasteiger partial charge in [-0.3, -0.25) is 9.59 Å². The summed E-state index contributed by atoms with van der Waals surface area (Å²) in [6.45, 7) is 2.64. The number of piperidine rings is 1. The van der Waals surface area contributed by atoms with Crippen LogP contribution in [0.1, 0.15) is 39.0 Å². The summed E-state index contributed by atoms with van der Waals surface area (Å²) >= 11 is 0. The van der Waals surface area contributed by atoms with Gasteiger partial charge in [0.05, 0.1) is 0 Å². The van der Waals surface area contributed by atoms with E-state index >= 15 is 0 Å². The van der Waals surface area contributed by atoms with Crippen LogP contribution in [0.5, 0.6) is 0 Å². The number of carbonyl (C=O) groups is 2. The molecular formula is C11H21N3O2. The SMILES string of the molecule is CC(NC(=O)CCC1CCCCN1)C(N)=O. The van der Waals surface area contributed by atoms with E-state index in [1.807, 2.05) is 0 Å². The van der Waals surface area contributed by atoms with E-state index in [1.165, 1.54) is 12.8 Å². The molecule has 0 aromatic rings. The van der Waals surface area contributed by atoms with Crippen molar-refractivity contribution in [2.24, 2.45) is 5.73 Å². The van der Waals surface area contributed by atoms with Gasteiger partial charge in [-0.1, -0.05) is 6.42 Å². The molecule has 4 N–H and O–H groups in total. The highest BCUT2D eigenvalue weighted by Crippen LogP contribution is 2.11. The maximum absolute atomic E-state index is 11.5. The monoisotopic (exact) mass is 227 g/mol. The Hall–Kier alpha value is -1.10. The van der Waals surface area contributed by atoms with Crippen LogP contribution < -0.4 is 16.4 Å². The van der Waals surface area contributed by atoms with Crippen molar-refractivity contribution in [3.05, 3.63) is 0 Å². The minimum absolute atomic E-state index is 0.0985. The second kappa shape index (κ2) is 6.48. The molecule has 16 heavy (non-hydrogen) atoms. The Morgan fingerprint density at radius 1 is 1.50 bits per heavy atom. The first kappa shape index (κ1) is 13.0. The molecule has 0 spiro atoms. The summed E-state index contributed by atoms with van der Waals surface area (Å²) in [6.07, 6.45) is 4.88. The molecule has 2 atom stereocenters. The molecule has 1 aliphatic heterocycles. The van der Waals surface area contributed by atoms with Crippen LogP contribution in [0.15, 0.2) is 0 Å². The van der Waals surface area contributed by atoms with Crippen LogP contribution in [0.4, 0.5) is 0 Å². The van der Waals surface area contributed by atoms with Crippen molar-refractivity contribution in [1.29, 1.82) is 0 Å². The van der Waals surface area contributed by atoms with Gasteiger partial charge < -0.3 is 16.4 Å². The predicted molar refractivity (Wildman–Crippen MR) is 61.7 cm³/mol. The van der Waals surface area contributed by atoms with Crippen molar-refractivity contribution in [3.8, 4) is 0 Å². The maximum Gasteiger partial charge on any atom is 0.239 e. The predicted octanol–water partition coefficient (Wildman–Crippen LogP) is -0.101. The Labute approximate surface area is 96.1 Å². The molecule has 1 fully saturated rings. The molecule has 1 aliphatic rings. The Morgan fingerprint density at radius 3 is 2.81 bits per heavy atom. The Bertz CT molecular complexity index is 250. The van der Waals surface area contributed by atoms with Gasteiger partial charge in [0.25, 0.3) is 0 Å². The number of carbonyl (C=O) groups excluding carboxylic acids is 2. The van der Waals surface area contributed by atoms with E-state index in [9.17, 15) is 9.59 Å². The molecule has 1 saturated heterocycles. The van der Waals surface area contributed by atoms with E-state index in [0.29, 0.717) is 12.5 Å². The molecule has 1 rings (SSSR count). The van der Waals surface area contributed by atoms with Gasteiger partial charge in [0, 0.05) is 12.5 Å². The van der Waals surface area contributed by atoms with Gasteiger partial charge in [0.15, 0.2) is 0 Å². The lowest BCUT2D eigenvalue weighted by molar-refractivity contribution is -0.127. The lowest BCUT2D eigenvalue weighted by Crippen LogP contribution is -2.43. The molecule has 0 bridgehead atoms. The number of primary amides is 1. The highest BCUT2D eigenvalue weighted by atomic mass is 16.2. The first-order valence-electron chi connectivity index (χ1n) is 5.91. The Balaban J connectivity index is 2.16. The van der Waals surface area contributed by atoms with Crippen molar-refractivity contribution in [2.45, 2.75) is 51.1 Å². The largest absolute Gasteiger partial charge is 0.368 e. The molecule has 0 aromatic heterocycles. The normalized spacial score (nSPS) is 22.4. The van der Waals surface area contributed by atoms with Gasteiger partial charge >= 0.3 is 0 Å². The number of rotatable bonds is 5. The van der Waals surface area contributed by atoms with E-state index in [-0.39, 0.29) is 5.91 Å². The van der Waals surface area contributed by atoms with Crippen LogP contribution in [0.2, 0.25) is 0 Å². The summed E-state index contributed by atoms with van der Waals surface area (Å²) < 4.78 is 0. The van der Waals surface area contributed by atoms with E-state index in [1.54, 1.807) is 6.92 Å². The standard InChI is InChI=1S/C11H21N3O2/c1-8(11(12)16)14-10(15)6-5-9-4-2-3-7-13-9/h8-9,13H,2-7H2,1H3,(H2,12,16)(H,14,15). The molecule has 92 valence electrons. The highest BCUT2D eigenvalue weighted by Gasteiger charge is 2.16. The van der Waals surface area contributed by atoms with Gasteiger partial charge in [0.1, 0.15) is 6.04 Å². The highest BCUT2D eigenvalue weighted by molar-refractivity contribution is 5.86. The fourth-order valence-corrected chi connectivity index (χ4v) is 1.86. The molecule has 1 heterocycles. The molecule has 0 aliphatic carbocycles. The summed E-state index contributed by atoms with van der Waals surface area (Å²) in [5.74, 6) is -0.595. The molecule has 0 aromatic carbocycles. The summed E-state index contributed by atoms with van der Waals surface area (Å²) in [4.78, 5) is 22.2. The van der Waals surface area contributed by atoms with Crippen molar-refractivity contribution in [3.63, 3.8) is 0 Å². The fraction of sp³-hybridized carbons (Fsp3) is 0.818. The lowest BCUT2D eigenvalue weighted by atomic mass is 10.0. The Morgan fingerprint density at radius 2 is 2.25 bits per heavy atom. The molecule has 5 heteroatoms. The van der Waals surface area contributed by atoms with E-state index in [0.717, 1.165) is 19.4 Å². The third kappa shape index (κ3) is 4.61. The van der Waals surface area contributed by atoms with Gasteiger partial charge in [-0.2, -0.15) is 0 Å². The fourth-order valence-electron chi connectivity index (χ4n) is 1.86. The van der Waals surface area contributed by atoms with Crippen molar-refractivity contribution < 1.29 is 9.59 Å². The molecule has 2 amide bonds. The molecule has 2 unspecified atom stereocenters. The zero-order valence-electron chi connectivity index (χ0n) is 9.79. The number of nitrogens with one attached hydrogen (secondary N) is 2. The summed E-state index contributed by atoms with van der Waals surface area (Å²) in [7, 11) is 0. The van der Waals surface area contributed by atoms with Gasteiger partial charge in [0.2, 0.25) is 11.8 Å². The third-order valence-electron chi connectivity index (χ3n) is 2.94. The maximum atomic E-state index is 11.5. The smallest absolute Gasteiger partial charge is 0.239 e. The second-order valence-corrected chi connectivity index (χ2v) is 4.38. The number of nitrogens with two attached hydrogens (primary N) is 1. The molecule has 5 nitrogen and oxygen atoms in total. The van der Waals surface area contributed by atoms with Crippen LogP contribution in [-0.4, -0.2) is 30.4 Å². The van der Waals surface area contributed by atoms with Crippen LogP contribution in [0, 0.1) is 0 Å². The number of amides is 2. The zero-order chi connectivity index (χ0) is 12.0. The van der Waals surface area contributed by atoms with Crippen molar-refractivity contribution >= 4 is 11.8 Å². The molecule has 0 saturated carbocycles. The first-order valence-corrected chi connectivity index (χ1v) is 5.91. The van der Waals surface area contributed by atoms with Crippen LogP contribution in [0.25, 0.3) is 0 Å². The average molecular weight is 227 g/mol. The van der Waals surface area contributed by atoms with E-state index in [4.69, 9.17) is 5.73 Å². The number of hydrogen-bond donors (Lipinski definition) is 3. The quantitative estimate of drug-likeness (QED) is 0.613. The summed E-state index contributed by atoms with van der Waals surface area (Å²) in [5.41, 5.74) is 5.06. The zero-order valence-corrected chi connectivity index (χ0v) is 9.79. The minimum atomic E-state index is -0.577. The second-order valence-electron chi connectivity index (χ2n) is 4.38. The van der Waals surface area contributed by atoms with Gasteiger partial charge in [-0.15, -0.1) is 0 Å². The van der Waals surface area contributed by atoms with Crippen LogP contribution >= 0.6 is 0 Å². The summed E-state index contributed by atoms with van der Waals surface area (Å²) in [6, 6.07) is -0.129. The van der Waals surface area contributed by atoms with Crippen molar-refractivity contribution in [1.82, 2.24) is 10.6 Å². The van der Waals surface area contributed by atoms with E-state index in [2.05, 4.69) is 10.6 Å². The van der Waals surface area contributed by atoms with E-state index < -0.39 is 11.9 Å². The topological polar surface area (TPSA) is 84.2 Å². The minimum Gasteiger partial charge on any atom is -0.368 e. The average Bonchev–Trinajstić information content (AvgIpc) is 2.27. The first-order chi connectivity index (χ1) is 7.59. The summed E-state index contributed by atoms with van der Waals surface area (Å²) in [5, 5.41) is 5.96. The van der Waals surface area contributed by atoms with Gasteiger partial charge in [-0.25, -0.2) is 0 Å².